The lowest BCUT2D eigenvalue weighted by atomic mass is 9.94. The largest absolute Gasteiger partial charge is 0.351 e. The predicted molar refractivity (Wildman–Crippen MR) is 88.3 cm³/mol. The fourth-order valence-electron chi connectivity index (χ4n) is 2.52. The van der Waals surface area contributed by atoms with Gasteiger partial charge in [-0.15, -0.1) is 12.4 Å². The summed E-state index contributed by atoms with van der Waals surface area (Å²) in [5.74, 6) is 0.298. The second-order valence-corrected chi connectivity index (χ2v) is 6.79. The molecule has 0 bridgehead atoms. The number of nitrogens with one attached hydrogen (secondary N) is 2. The molecule has 1 aliphatic heterocycles. The molecule has 1 fully saturated rings. The average molecular weight is 362 g/mol. The van der Waals surface area contributed by atoms with E-state index in [9.17, 15) is 4.79 Å². The lowest BCUT2D eigenvalue weighted by molar-refractivity contribution is -0.126. The molecule has 0 aliphatic carbocycles. The summed E-state index contributed by atoms with van der Waals surface area (Å²) in [5, 5.41) is 6.40. The van der Waals surface area contributed by atoms with E-state index >= 15 is 0 Å². The lowest BCUT2D eigenvalue weighted by Gasteiger charge is -2.28. The Kier molecular flexibility index (Phi) is 6.49. The summed E-state index contributed by atoms with van der Waals surface area (Å²) in [7, 11) is 0. The molecular weight excluding hydrogens is 340 g/mol. The summed E-state index contributed by atoms with van der Waals surface area (Å²) in [5.41, 5.74) is 1.00. The number of benzene rings is 1. The van der Waals surface area contributed by atoms with E-state index in [1.165, 1.54) is 5.56 Å². The van der Waals surface area contributed by atoms with Gasteiger partial charge in [0.25, 0.3) is 0 Å². The summed E-state index contributed by atoms with van der Waals surface area (Å²) < 4.78 is 1.08. The Morgan fingerprint density at radius 2 is 2.25 bits per heavy atom. The molecule has 5 heteroatoms. The maximum absolute atomic E-state index is 12.2. The summed E-state index contributed by atoms with van der Waals surface area (Å²) in [6.07, 6.45) is 1.77. The molecule has 112 valence electrons. The highest BCUT2D eigenvalue weighted by atomic mass is 79.9. The summed E-state index contributed by atoms with van der Waals surface area (Å²) in [6, 6.07) is 8.23. The number of halogens is 2. The van der Waals surface area contributed by atoms with Gasteiger partial charge in [0, 0.05) is 16.6 Å². The van der Waals surface area contributed by atoms with Gasteiger partial charge in [-0.1, -0.05) is 28.1 Å². The second kappa shape index (κ2) is 7.43. The first-order valence-electron chi connectivity index (χ1n) is 6.73. The minimum absolute atomic E-state index is 0. The number of hydrogen-bond donors (Lipinski definition) is 2. The van der Waals surface area contributed by atoms with E-state index in [1.807, 2.05) is 12.1 Å². The topological polar surface area (TPSA) is 41.1 Å². The second-order valence-electron chi connectivity index (χ2n) is 5.87. The Morgan fingerprint density at radius 3 is 2.85 bits per heavy atom. The van der Waals surface area contributed by atoms with Crippen LogP contribution in [0.3, 0.4) is 0 Å². The molecule has 0 saturated carbocycles. The van der Waals surface area contributed by atoms with Gasteiger partial charge in [-0.25, -0.2) is 0 Å². The first-order valence-corrected chi connectivity index (χ1v) is 7.53. The molecule has 2 N–H and O–H groups in total. The molecule has 3 nitrogen and oxygen atoms in total. The zero-order chi connectivity index (χ0) is 13.9. The van der Waals surface area contributed by atoms with Gasteiger partial charge < -0.3 is 10.6 Å². The van der Waals surface area contributed by atoms with Crippen molar-refractivity contribution in [2.24, 2.45) is 5.92 Å². The van der Waals surface area contributed by atoms with Gasteiger partial charge in [0.1, 0.15) is 0 Å². The van der Waals surface area contributed by atoms with Crippen LogP contribution in [0.4, 0.5) is 0 Å². The molecule has 2 rings (SSSR count). The molecule has 1 atom stereocenters. The Labute approximate surface area is 135 Å². The summed E-state index contributed by atoms with van der Waals surface area (Å²) >= 11 is 3.48. The van der Waals surface area contributed by atoms with Gasteiger partial charge in [-0.3, -0.25) is 4.79 Å². The zero-order valence-electron chi connectivity index (χ0n) is 11.9. The number of hydrogen-bond acceptors (Lipinski definition) is 2. The third kappa shape index (κ3) is 5.08. The van der Waals surface area contributed by atoms with E-state index < -0.39 is 0 Å². The van der Waals surface area contributed by atoms with Crippen molar-refractivity contribution in [3.8, 4) is 0 Å². The molecule has 1 aliphatic rings. The Hall–Kier alpha value is -0.580. The number of carbonyl (C=O) groups is 1. The van der Waals surface area contributed by atoms with Crippen molar-refractivity contribution in [1.82, 2.24) is 10.6 Å². The van der Waals surface area contributed by atoms with Crippen LogP contribution < -0.4 is 10.6 Å². The molecule has 0 radical (unpaired) electrons. The normalized spacial score (nSPS) is 18.4. The highest BCUT2D eigenvalue weighted by Gasteiger charge is 2.27. The van der Waals surface area contributed by atoms with Gasteiger partial charge in [0.05, 0.1) is 5.92 Å². The van der Waals surface area contributed by atoms with Crippen LogP contribution in [0.5, 0.6) is 0 Å². The maximum atomic E-state index is 12.2. The van der Waals surface area contributed by atoms with Crippen molar-refractivity contribution in [1.29, 1.82) is 0 Å². The Balaban J connectivity index is 0.00000200. The minimum Gasteiger partial charge on any atom is -0.351 e. The summed E-state index contributed by atoms with van der Waals surface area (Å²) in [6.45, 7) is 5.91. The minimum atomic E-state index is -0.222. The van der Waals surface area contributed by atoms with Crippen LogP contribution in [-0.4, -0.2) is 24.5 Å². The third-order valence-electron chi connectivity index (χ3n) is 3.43. The molecule has 1 unspecified atom stereocenters. The highest BCUT2D eigenvalue weighted by Crippen LogP contribution is 2.18. The van der Waals surface area contributed by atoms with Crippen LogP contribution in [0.2, 0.25) is 0 Å². The van der Waals surface area contributed by atoms with E-state index in [1.54, 1.807) is 0 Å². The van der Waals surface area contributed by atoms with Crippen LogP contribution in [0, 0.1) is 5.92 Å². The Bertz CT molecular complexity index is 459. The summed E-state index contributed by atoms with van der Waals surface area (Å²) in [4.78, 5) is 12.2. The molecule has 0 spiro atoms. The number of carbonyl (C=O) groups excluding carboxylic acids is 1. The van der Waals surface area contributed by atoms with E-state index in [0.29, 0.717) is 0 Å². The van der Waals surface area contributed by atoms with E-state index in [2.05, 4.69) is 52.5 Å². The van der Waals surface area contributed by atoms with E-state index in [0.717, 1.165) is 30.4 Å². The monoisotopic (exact) mass is 360 g/mol. The first kappa shape index (κ1) is 17.5. The maximum Gasteiger partial charge on any atom is 0.224 e. The molecular formula is C15H22BrClN2O. The van der Waals surface area contributed by atoms with Crippen LogP contribution >= 0.6 is 28.3 Å². The molecule has 1 amide bonds. The van der Waals surface area contributed by atoms with Crippen molar-refractivity contribution in [2.45, 2.75) is 32.2 Å². The Morgan fingerprint density at radius 1 is 1.50 bits per heavy atom. The molecule has 1 saturated heterocycles. The van der Waals surface area contributed by atoms with Crippen LogP contribution in [0.15, 0.2) is 28.7 Å². The van der Waals surface area contributed by atoms with Crippen LogP contribution in [0.1, 0.15) is 25.8 Å². The third-order valence-corrected chi connectivity index (χ3v) is 3.92. The van der Waals surface area contributed by atoms with E-state index in [-0.39, 0.29) is 29.8 Å². The smallest absolute Gasteiger partial charge is 0.224 e. The SMILES string of the molecule is CC(C)(Cc1cccc(Br)c1)NC(=O)C1CCNC1.Cl. The van der Waals surface area contributed by atoms with Crippen molar-refractivity contribution in [3.63, 3.8) is 0 Å². The van der Waals surface area contributed by atoms with Crippen molar-refractivity contribution < 1.29 is 4.79 Å². The van der Waals surface area contributed by atoms with Gasteiger partial charge in [0.2, 0.25) is 5.91 Å². The number of amides is 1. The van der Waals surface area contributed by atoms with Gasteiger partial charge in [0.15, 0.2) is 0 Å². The van der Waals surface area contributed by atoms with Crippen molar-refractivity contribution in [3.05, 3.63) is 34.3 Å². The quantitative estimate of drug-likeness (QED) is 0.866. The van der Waals surface area contributed by atoms with Crippen molar-refractivity contribution in [2.75, 3.05) is 13.1 Å². The fourth-order valence-corrected chi connectivity index (χ4v) is 2.96. The van der Waals surface area contributed by atoms with Gasteiger partial charge in [-0.05, 0) is 50.9 Å². The molecule has 1 aromatic rings. The lowest BCUT2D eigenvalue weighted by Crippen LogP contribution is -2.48. The molecule has 1 aromatic carbocycles. The zero-order valence-corrected chi connectivity index (χ0v) is 14.3. The predicted octanol–water partition coefficient (Wildman–Crippen LogP) is 2.92. The molecule has 1 heterocycles. The highest BCUT2D eigenvalue weighted by molar-refractivity contribution is 9.10. The number of rotatable bonds is 4. The van der Waals surface area contributed by atoms with Gasteiger partial charge in [-0.2, -0.15) is 0 Å². The van der Waals surface area contributed by atoms with Crippen LogP contribution in [0.25, 0.3) is 0 Å². The standard InChI is InChI=1S/C15H21BrN2O.ClH/c1-15(2,9-11-4-3-5-13(16)8-11)18-14(19)12-6-7-17-10-12;/h3-5,8,12,17H,6-7,9-10H2,1-2H3,(H,18,19);1H. The molecule has 0 aromatic heterocycles. The van der Waals surface area contributed by atoms with E-state index in [4.69, 9.17) is 0 Å². The van der Waals surface area contributed by atoms with Crippen LogP contribution in [-0.2, 0) is 11.2 Å². The molecule has 20 heavy (non-hydrogen) atoms. The fraction of sp³-hybridized carbons (Fsp3) is 0.533. The van der Waals surface area contributed by atoms with Gasteiger partial charge >= 0.3 is 0 Å². The first-order chi connectivity index (χ1) is 8.96. The van der Waals surface area contributed by atoms with Crippen molar-refractivity contribution >= 4 is 34.2 Å². The average Bonchev–Trinajstić information content (AvgIpc) is 2.80.